The van der Waals surface area contributed by atoms with Gasteiger partial charge < -0.3 is 4.90 Å². The van der Waals surface area contributed by atoms with E-state index in [0.29, 0.717) is 42.6 Å². The summed E-state index contributed by atoms with van der Waals surface area (Å²) in [6, 6.07) is 5.34. The maximum absolute atomic E-state index is 12.2. The van der Waals surface area contributed by atoms with Crippen LogP contribution in [0.4, 0.5) is 5.69 Å². The molecule has 1 fully saturated rings. The number of sulfonamides is 1. The van der Waals surface area contributed by atoms with Gasteiger partial charge in [-0.3, -0.25) is 0 Å². The van der Waals surface area contributed by atoms with Gasteiger partial charge in [0.05, 0.1) is 16.5 Å². The number of unbranched alkanes of at least 4 members (excludes halogenated alkanes) is 1. The predicted octanol–water partition coefficient (Wildman–Crippen LogP) is 3.25. The summed E-state index contributed by atoms with van der Waals surface area (Å²) in [5.41, 5.74) is 0.870. The number of anilines is 1. The molecule has 0 atom stereocenters. The second-order valence-corrected chi connectivity index (χ2v) is 8.08. The lowest BCUT2D eigenvalue weighted by Crippen LogP contribution is -2.49. The maximum atomic E-state index is 12.2. The van der Waals surface area contributed by atoms with Crippen molar-refractivity contribution in [1.29, 1.82) is 0 Å². The molecule has 0 spiro atoms. The number of benzene rings is 1. The maximum Gasteiger partial charge on any atom is 0.214 e. The van der Waals surface area contributed by atoms with Crippen molar-refractivity contribution in [3.8, 4) is 0 Å². The lowest BCUT2D eigenvalue weighted by molar-refractivity contribution is 0.384. The van der Waals surface area contributed by atoms with E-state index >= 15 is 0 Å². The van der Waals surface area contributed by atoms with Crippen LogP contribution < -0.4 is 4.90 Å². The zero-order valence-electron chi connectivity index (χ0n) is 12.1. The zero-order valence-corrected chi connectivity index (χ0v) is 14.4. The number of hydrogen-bond donors (Lipinski definition) is 0. The first-order chi connectivity index (χ1) is 9.94. The van der Waals surface area contributed by atoms with Gasteiger partial charge in [0.2, 0.25) is 10.0 Å². The smallest absolute Gasteiger partial charge is 0.214 e. The minimum absolute atomic E-state index is 0.238. The molecule has 1 aliphatic rings. The van der Waals surface area contributed by atoms with Crippen LogP contribution in [-0.4, -0.2) is 44.7 Å². The van der Waals surface area contributed by atoms with E-state index in [1.165, 1.54) is 0 Å². The molecule has 21 heavy (non-hydrogen) atoms. The molecule has 7 heteroatoms. The van der Waals surface area contributed by atoms with Gasteiger partial charge in [-0.15, -0.1) is 0 Å². The van der Waals surface area contributed by atoms with Gasteiger partial charge in [-0.05, 0) is 24.6 Å². The van der Waals surface area contributed by atoms with Crippen LogP contribution in [0.2, 0.25) is 10.0 Å². The monoisotopic (exact) mass is 350 g/mol. The second-order valence-electron chi connectivity index (χ2n) is 5.15. The molecular weight excluding hydrogens is 331 g/mol. The predicted molar refractivity (Wildman–Crippen MR) is 88.9 cm³/mol. The van der Waals surface area contributed by atoms with E-state index in [9.17, 15) is 8.42 Å². The summed E-state index contributed by atoms with van der Waals surface area (Å²) in [5, 5.41) is 1.27. The number of rotatable bonds is 5. The van der Waals surface area contributed by atoms with Crippen LogP contribution in [-0.2, 0) is 10.0 Å². The molecule has 0 amide bonds. The van der Waals surface area contributed by atoms with Gasteiger partial charge in [0.15, 0.2) is 0 Å². The Balaban J connectivity index is 2.02. The largest absolute Gasteiger partial charge is 0.368 e. The third kappa shape index (κ3) is 4.25. The molecule has 0 radical (unpaired) electrons. The van der Waals surface area contributed by atoms with Crippen molar-refractivity contribution in [2.45, 2.75) is 19.8 Å². The Bertz CT molecular complexity index is 585. The highest BCUT2D eigenvalue weighted by molar-refractivity contribution is 7.89. The fourth-order valence-corrected chi connectivity index (χ4v) is 4.43. The van der Waals surface area contributed by atoms with Gasteiger partial charge in [0.25, 0.3) is 0 Å². The minimum Gasteiger partial charge on any atom is -0.368 e. The lowest BCUT2D eigenvalue weighted by Gasteiger charge is -2.35. The highest BCUT2D eigenvalue weighted by atomic mass is 35.5. The van der Waals surface area contributed by atoms with Gasteiger partial charge in [-0.2, -0.15) is 4.31 Å². The number of halogens is 2. The Hall–Kier alpha value is -0.490. The Morgan fingerprint density at radius 2 is 1.81 bits per heavy atom. The molecule has 4 nitrogen and oxygen atoms in total. The zero-order chi connectivity index (χ0) is 15.5. The van der Waals surface area contributed by atoms with Crippen molar-refractivity contribution < 1.29 is 8.42 Å². The minimum atomic E-state index is -3.12. The molecule has 0 aliphatic carbocycles. The summed E-state index contributed by atoms with van der Waals surface area (Å²) >= 11 is 12.2. The molecule has 0 N–H and O–H groups in total. The summed E-state index contributed by atoms with van der Waals surface area (Å²) in [5.74, 6) is 0.238. The van der Waals surface area contributed by atoms with E-state index in [0.717, 1.165) is 12.1 Å². The van der Waals surface area contributed by atoms with Crippen molar-refractivity contribution >= 4 is 38.9 Å². The first-order valence-corrected chi connectivity index (χ1v) is 9.48. The molecule has 1 aromatic carbocycles. The fourth-order valence-electron chi connectivity index (χ4n) is 2.39. The third-order valence-corrected chi connectivity index (χ3v) is 6.15. The molecule has 1 aliphatic heterocycles. The second kappa shape index (κ2) is 7.18. The van der Waals surface area contributed by atoms with Crippen molar-refractivity contribution in [3.63, 3.8) is 0 Å². The highest BCUT2D eigenvalue weighted by Gasteiger charge is 2.27. The van der Waals surface area contributed by atoms with E-state index in [1.54, 1.807) is 16.4 Å². The standard InChI is InChI=1S/C14H20Cl2N2O2S/c1-2-3-10-21(19,20)18-8-6-17(7-9-18)14-11-12(15)4-5-13(14)16/h4-5,11H,2-3,6-10H2,1H3. The van der Waals surface area contributed by atoms with Crippen molar-refractivity contribution in [2.75, 3.05) is 36.8 Å². The van der Waals surface area contributed by atoms with Crippen LogP contribution in [0.5, 0.6) is 0 Å². The van der Waals surface area contributed by atoms with Crippen LogP contribution in [0.3, 0.4) is 0 Å². The average molecular weight is 351 g/mol. The summed E-state index contributed by atoms with van der Waals surface area (Å²) in [6.07, 6.45) is 1.60. The van der Waals surface area contributed by atoms with Gasteiger partial charge >= 0.3 is 0 Å². The first kappa shape index (κ1) is 16.9. The summed E-state index contributed by atoms with van der Waals surface area (Å²) in [7, 11) is -3.12. The molecule has 0 aromatic heterocycles. The normalized spacial score (nSPS) is 17.2. The van der Waals surface area contributed by atoms with Crippen LogP contribution in [0.1, 0.15) is 19.8 Å². The van der Waals surface area contributed by atoms with Gasteiger partial charge in [-0.25, -0.2) is 8.42 Å². The van der Waals surface area contributed by atoms with Crippen LogP contribution in [0, 0.1) is 0 Å². The summed E-state index contributed by atoms with van der Waals surface area (Å²) in [6.45, 7) is 4.25. The topological polar surface area (TPSA) is 40.6 Å². The summed E-state index contributed by atoms with van der Waals surface area (Å²) in [4.78, 5) is 2.08. The van der Waals surface area contributed by atoms with E-state index in [4.69, 9.17) is 23.2 Å². The average Bonchev–Trinajstić information content (AvgIpc) is 2.48. The van der Waals surface area contributed by atoms with Crippen LogP contribution in [0.15, 0.2) is 18.2 Å². The van der Waals surface area contributed by atoms with Crippen molar-refractivity contribution in [2.24, 2.45) is 0 Å². The molecule has 2 rings (SSSR count). The van der Waals surface area contributed by atoms with Gasteiger partial charge in [-0.1, -0.05) is 36.5 Å². The molecule has 118 valence electrons. The molecule has 1 saturated heterocycles. The van der Waals surface area contributed by atoms with E-state index < -0.39 is 10.0 Å². The fraction of sp³-hybridized carbons (Fsp3) is 0.571. The van der Waals surface area contributed by atoms with Gasteiger partial charge in [0, 0.05) is 31.2 Å². The molecule has 0 bridgehead atoms. The molecule has 1 heterocycles. The SMILES string of the molecule is CCCCS(=O)(=O)N1CCN(c2cc(Cl)ccc2Cl)CC1. The number of hydrogen-bond acceptors (Lipinski definition) is 3. The molecule has 0 saturated carbocycles. The molecule has 1 aromatic rings. The Labute approximate surface area is 136 Å². The highest BCUT2D eigenvalue weighted by Crippen LogP contribution is 2.30. The molecule has 0 unspecified atom stereocenters. The van der Waals surface area contributed by atoms with E-state index in [2.05, 4.69) is 4.90 Å². The molecular formula is C14H20Cl2N2O2S. The Morgan fingerprint density at radius 3 is 2.43 bits per heavy atom. The quantitative estimate of drug-likeness (QED) is 0.818. The Kier molecular flexibility index (Phi) is 5.77. The van der Waals surface area contributed by atoms with Gasteiger partial charge in [0.1, 0.15) is 0 Å². The van der Waals surface area contributed by atoms with Crippen LogP contribution in [0.25, 0.3) is 0 Å². The van der Waals surface area contributed by atoms with E-state index in [1.807, 2.05) is 13.0 Å². The van der Waals surface area contributed by atoms with Crippen LogP contribution >= 0.6 is 23.2 Å². The van der Waals surface area contributed by atoms with E-state index in [-0.39, 0.29) is 5.75 Å². The lowest BCUT2D eigenvalue weighted by atomic mass is 10.2. The first-order valence-electron chi connectivity index (χ1n) is 7.12. The Morgan fingerprint density at radius 1 is 1.14 bits per heavy atom. The van der Waals surface area contributed by atoms with Crippen molar-refractivity contribution in [3.05, 3.63) is 28.2 Å². The summed E-state index contributed by atoms with van der Waals surface area (Å²) < 4.78 is 25.9. The third-order valence-electron chi connectivity index (χ3n) is 3.64. The van der Waals surface area contributed by atoms with Crippen molar-refractivity contribution in [1.82, 2.24) is 4.31 Å². The number of piperazine rings is 1. The number of nitrogens with zero attached hydrogens (tertiary/aromatic N) is 2.